The van der Waals surface area contributed by atoms with Crippen molar-refractivity contribution >= 4 is 34.7 Å². The summed E-state index contributed by atoms with van der Waals surface area (Å²) in [5.41, 5.74) is 3.68. The van der Waals surface area contributed by atoms with Gasteiger partial charge in [0.25, 0.3) is 0 Å². The molecule has 3 heterocycles. The van der Waals surface area contributed by atoms with Crippen molar-refractivity contribution in [1.82, 2.24) is 24.4 Å². The number of anilines is 1. The van der Waals surface area contributed by atoms with Gasteiger partial charge < -0.3 is 29.0 Å². The lowest BCUT2D eigenvalue weighted by atomic mass is 10.2. The zero-order chi connectivity index (χ0) is 30.5. The van der Waals surface area contributed by atoms with Crippen molar-refractivity contribution in [2.75, 3.05) is 44.5 Å². The summed E-state index contributed by atoms with van der Waals surface area (Å²) in [5.74, 6) is 3.13. The number of carbonyl (C=O) groups excluding carboxylic acids is 1. The predicted octanol–water partition coefficient (Wildman–Crippen LogP) is 6.73. The van der Waals surface area contributed by atoms with Gasteiger partial charge in [-0.3, -0.25) is 0 Å². The van der Waals surface area contributed by atoms with Gasteiger partial charge in [0.1, 0.15) is 23.8 Å². The van der Waals surface area contributed by atoms with Crippen LogP contribution in [0.4, 0.5) is 10.6 Å². The third-order valence-corrected chi connectivity index (χ3v) is 7.08. The summed E-state index contributed by atoms with van der Waals surface area (Å²) in [5, 5.41) is 3.39. The first-order valence-corrected chi connectivity index (χ1v) is 16.1. The highest BCUT2D eigenvalue weighted by molar-refractivity contribution is 7.98. The Morgan fingerprint density at radius 3 is 2.55 bits per heavy atom. The molecule has 0 aliphatic heterocycles. The van der Waals surface area contributed by atoms with Gasteiger partial charge in [0.15, 0.2) is 5.82 Å². The van der Waals surface area contributed by atoms with E-state index in [2.05, 4.69) is 30.7 Å². The van der Waals surface area contributed by atoms with Crippen molar-refractivity contribution in [3.05, 3.63) is 35.7 Å². The lowest BCUT2D eigenvalue weighted by molar-refractivity contribution is 0.0273. The smallest absolute Gasteiger partial charge is 0.410 e. The SMILES string of the molecule is CCCCOCCNc1cc(CSCC)nc(-c2ccc3c(cc(CN(C)C(=O)OC(C)(C)C)n3COCCC)n2)n1. The van der Waals surface area contributed by atoms with Gasteiger partial charge in [0.2, 0.25) is 0 Å². The molecular weight excluding hydrogens is 552 g/mol. The fraction of sp³-hybridized carbons (Fsp3) is 0.613. The monoisotopic (exact) mass is 600 g/mol. The first-order chi connectivity index (χ1) is 20.1. The number of fused-ring (bicyclic) bond motifs is 1. The van der Waals surface area contributed by atoms with Gasteiger partial charge in [0.05, 0.1) is 29.9 Å². The van der Waals surface area contributed by atoms with E-state index in [1.807, 2.05) is 56.8 Å². The molecular formula is C31H48N6O4S. The van der Waals surface area contributed by atoms with Gasteiger partial charge in [-0.1, -0.05) is 27.2 Å². The summed E-state index contributed by atoms with van der Waals surface area (Å²) in [6, 6.07) is 7.97. The lowest BCUT2D eigenvalue weighted by Crippen LogP contribution is -2.34. The number of hydrogen-bond acceptors (Lipinski definition) is 9. The van der Waals surface area contributed by atoms with E-state index in [-0.39, 0.29) is 6.09 Å². The summed E-state index contributed by atoms with van der Waals surface area (Å²) >= 11 is 1.82. The number of hydrogen-bond donors (Lipinski definition) is 1. The van der Waals surface area contributed by atoms with Crippen molar-refractivity contribution in [3.8, 4) is 11.5 Å². The fourth-order valence-electron chi connectivity index (χ4n) is 4.13. The van der Waals surface area contributed by atoms with Crippen LogP contribution in [0, 0.1) is 0 Å². The minimum atomic E-state index is -0.571. The molecule has 232 valence electrons. The molecule has 10 nitrogen and oxygen atoms in total. The molecule has 0 aliphatic carbocycles. The number of ether oxygens (including phenoxy) is 3. The molecule has 0 fully saturated rings. The van der Waals surface area contributed by atoms with Gasteiger partial charge in [0, 0.05) is 44.3 Å². The molecule has 0 saturated carbocycles. The molecule has 11 heteroatoms. The summed E-state index contributed by atoms with van der Waals surface area (Å²) in [6.07, 6.45) is 2.72. The Morgan fingerprint density at radius 2 is 1.83 bits per heavy atom. The van der Waals surface area contributed by atoms with Crippen molar-refractivity contribution in [1.29, 1.82) is 0 Å². The molecule has 42 heavy (non-hydrogen) atoms. The largest absolute Gasteiger partial charge is 0.444 e. The molecule has 3 rings (SSSR count). The minimum absolute atomic E-state index is 0.352. The zero-order valence-corrected chi connectivity index (χ0v) is 27.2. The lowest BCUT2D eigenvalue weighted by Gasteiger charge is -2.25. The summed E-state index contributed by atoms with van der Waals surface area (Å²) in [4.78, 5) is 28.9. The number of carbonyl (C=O) groups is 1. The Morgan fingerprint density at radius 1 is 1.02 bits per heavy atom. The zero-order valence-electron chi connectivity index (χ0n) is 26.4. The van der Waals surface area contributed by atoms with Gasteiger partial charge in [-0.2, -0.15) is 11.8 Å². The Balaban J connectivity index is 1.90. The van der Waals surface area contributed by atoms with E-state index in [1.165, 1.54) is 0 Å². The molecule has 0 unspecified atom stereocenters. The molecule has 0 radical (unpaired) electrons. The van der Waals surface area contributed by atoms with Gasteiger partial charge in [-0.15, -0.1) is 0 Å². The normalized spacial score (nSPS) is 11.7. The van der Waals surface area contributed by atoms with E-state index in [0.29, 0.717) is 44.6 Å². The van der Waals surface area contributed by atoms with Crippen molar-refractivity contribution in [2.24, 2.45) is 0 Å². The van der Waals surface area contributed by atoms with E-state index in [9.17, 15) is 4.79 Å². The van der Waals surface area contributed by atoms with Crippen LogP contribution in [0.15, 0.2) is 24.3 Å². The number of nitrogens with zero attached hydrogens (tertiary/aromatic N) is 5. The van der Waals surface area contributed by atoms with Crippen molar-refractivity contribution in [3.63, 3.8) is 0 Å². The number of nitrogens with one attached hydrogen (secondary N) is 1. The quantitative estimate of drug-likeness (QED) is 0.169. The summed E-state index contributed by atoms with van der Waals surface area (Å²) in [7, 11) is 1.73. The van der Waals surface area contributed by atoms with Gasteiger partial charge in [-0.05, 0) is 57.6 Å². The number of rotatable bonds is 17. The van der Waals surface area contributed by atoms with Crippen LogP contribution in [-0.2, 0) is 33.2 Å². The van der Waals surface area contributed by atoms with Crippen LogP contribution in [0.1, 0.15) is 72.2 Å². The third-order valence-electron chi connectivity index (χ3n) is 6.17. The number of thioether (sulfide) groups is 1. The average molecular weight is 601 g/mol. The molecule has 1 N–H and O–H groups in total. The van der Waals surface area contributed by atoms with E-state index < -0.39 is 5.60 Å². The highest BCUT2D eigenvalue weighted by Gasteiger charge is 2.22. The molecule has 3 aromatic heterocycles. The fourth-order valence-corrected chi connectivity index (χ4v) is 4.69. The van der Waals surface area contributed by atoms with Crippen LogP contribution < -0.4 is 5.32 Å². The van der Waals surface area contributed by atoms with Gasteiger partial charge >= 0.3 is 6.09 Å². The van der Waals surface area contributed by atoms with Crippen LogP contribution in [-0.4, -0.2) is 75.3 Å². The van der Waals surface area contributed by atoms with Crippen molar-refractivity contribution in [2.45, 2.75) is 85.4 Å². The third kappa shape index (κ3) is 10.4. The van der Waals surface area contributed by atoms with Gasteiger partial charge in [-0.25, -0.2) is 19.7 Å². The second-order valence-corrected chi connectivity index (χ2v) is 12.4. The Kier molecular flexibility index (Phi) is 13.3. The number of unbranched alkanes of at least 4 members (excludes halogenated alkanes) is 1. The highest BCUT2D eigenvalue weighted by atomic mass is 32.2. The molecule has 0 aliphatic rings. The standard InChI is InChI=1S/C31H48N6O4S/c1-8-11-16-39-17-14-32-28-18-23(21-42-10-3)33-29(35-28)25-12-13-27-26(34-25)19-24(37(27)22-40-15-9-2)20-36(7)30(38)41-31(4,5)6/h12-13,18-19H,8-11,14-17,20-22H2,1-7H3,(H,32,33,35). The maximum atomic E-state index is 12.7. The minimum Gasteiger partial charge on any atom is -0.444 e. The van der Waals surface area contributed by atoms with E-state index in [1.54, 1.807) is 11.9 Å². The number of pyridine rings is 1. The molecule has 1 amide bonds. The predicted molar refractivity (Wildman–Crippen MR) is 171 cm³/mol. The molecule has 0 bridgehead atoms. The molecule has 3 aromatic rings. The Hall–Kier alpha value is -2.89. The maximum Gasteiger partial charge on any atom is 0.410 e. The van der Waals surface area contributed by atoms with Crippen LogP contribution in [0.2, 0.25) is 0 Å². The molecule has 0 saturated heterocycles. The summed E-state index contributed by atoms with van der Waals surface area (Å²) in [6.45, 7) is 15.4. The van der Waals surface area contributed by atoms with Crippen molar-refractivity contribution < 1.29 is 19.0 Å². The summed E-state index contributed by atoms with van der Waals surface area (Å²) < 4.78 is 19.2. The molecule has 0 spiro atoms. The number of aromatic nitrogens is 4. The maximum absolute atomic E-state index is 12.7. The second-order valence-electron chi connectivity index (χ2n) is 11.1. The van der Waals surface area contributed by atoms with Crippen LogP contribution in [0.5, 0.6) is 0 Å². The second kappa shape index (κ2) is 16.7. The first-order valence-electron chi connectivity index (χ1n) is 14.9. The molecule has 0 aromatic carbocycles. The topological polar surface area (TPSA) is 104 Å². The van der Waals surface area contributed by atoms with E-state index >= 15 is 0 Å². The van der Waals surface area contributed by atoms with Crippen LogP contribution >= 0.6 is 11.8 Å². The average Bonchev–Trinajstić information content (AvgIpc) is 3.28. The van der Waals surface area contributed by atoms with Crippen LogP contribution in [0.25, 0.3) is 22.6 Å². The Labute approximate surface area is 254 Å². The van der Waals surface area contributed by atoms with E-state index in [4.69, 9.17) is 29.2 Å². The van der Waals surface area contributed by atoms with E-state index in [0.717, 1.165) is 65.6 Å². The Bertz CT molecular complexity index is 1280. The molecule has 0 atom stereocenters. The number of amides is 1. The van der Waals surface area contributed by atoms with Crippen LogP contribution in [0.3, 0.4) is 0 Å². The first kappa shape index (κ1) is 33.6. The highest BCUT2D eigenvalue weighted by Crippen LogP contribution is 2.25.